The summed E-state index contributed by atoms with van der Waals surface area (Å²) in [6.07, 6.45) is 0. The summed E-state index contributed by atoms with van der Waals surface area (Å²) in [6, 6.07) is 18.1. The zero-order valence-corrected chi connectivity index (χ0v) is 11.0. The molecule has 0 saturated carbocycles. The number of fused-ring (bicyclic) bond motifs is 1. The van der Waals surface area contributed by atoms with Crippen molar-refractivity contribution in [3.63, 3.8) is 0 Å². The van der Waals surface area contributed by atoms with Gasteiger partial charge >= 0.3 is 0 Å². The van der Waals surface area contributed by atoms with Gasteiger partial charge in [-0.05, 0) is 41.2 Å². The molecule has 0 fully saturated rings. The highest BCUT2D eigenvalue weighted by Crippen LogP contribution is 2.31. The monoisotopic (exact) mass is 237 g/mol. The fourth-order valence-electron chi connectivity index (χ4n) is 2.73. The lowest BCUT2D eigenvalue weighted by molar-refractivity contribution is 0.449. The van der Waals surface area contributed by atoms with E-state index >= 15 is 0 Å². The highest BCUT2D eigenvalue weighted by molar-refractivity contribution is 5.65. The third kappa shape index (κ3) is 1.95. The molecule has 0 spiro atoms. The lowest BCUT2D eigenvalue weighted by Crippen LogP contribution is -2.35. The topological polar surface area (TPSA) is 12.0 Å². The van der Waals surface area contributed by atoms with E-state index in [0.29, 0.717) is 12.0 Å². The first-order valence-corrected chi connectivity index (χ1v) is 6.67. The first-order chi connectivity index (χ1) is 8.75. The quantitative estimate of drug-likeness (QED) is 0.792. The lowest BCUT2D eigenvalue weighted by atomic mass is 9.85. The van der Waals surface area contributed by atoms with Crippen LogP contribution in [0.5, 0.6) is 0 Å². The van der Waals surface area contributed by atoms with Crippen LogP contribution in [0, 0.1) is 0 Å². The molecule has 0 aliphatic carbocycles. The average molecular weight is 237 g/mol. The Bertz CT molecular complexity index is 545. The van der Waals surface area contributed by atoms with E-state index in [9.17, 15) is 0 Å². The maximum absolute atomic E-state index is 3.57. The Morgan fingerprint density at radius 2 is 1.72 bits per heavy atom. The van der Waals surface area contributed by atoms with Crippen molar-refractivity contribution >= 4 is 0 Å². The van der Waals surface area contributed by atoms with Crippen LogP contribution in [0.15, 0.2) is 48.5 Å². The van der Waals surface area contributed by atoms with Crippen LogP contribution < -0.4 is 5.32 Å². The van der Waals surface area contributed by atoms with Gasteiger partial charge in [0.1, 0.15) is 0 Å². The van der Waals surface area contributed by atoms with E-state index in [-0.39, 0.29) is 0 Å². The molecule has 0 amide bonds. The molecule has 1 heteroatoms. The van der Waals surface area contributed by atoms with Gasteiger partial charge < -0.3 is 5.32 Å². The molecule has 1 nitrogen and oxygen atoms in total. The van der Waals surface area contributed by atoms with Crippen LogP contribution in [0.25, 0.3) is 11.1 Å². The maximum atomic E-state index is 3.57. The summed E-state index contributed by atoms with van der Waals surface area (Å²) in [6.45, 7) is 5.55. The number of hydrogen-bond donors (Lipinski definition) is 1. The van der Waals surface area contributed by atoms with Gasteiger partial charge in [-0.25, -0.2) is 0 Å². The molecule has 0 aromatic heterocycles. The molecule has 1 N–H and O–H groups in total. The van der Waals surface area contributed by atoms with Crippen molar-refractivity contribution in [2.75, 3.05) is 0 Å². The Labute approximate surface area is 109 Å². The van der Waals surface area contributed by atoms with Gasteiger partial charge in [-0.3, -0.25) is 0 Å². The van der Waals surface area contributed by atoms with Crippen LogP contribution in [0.1, 0.15) is 30.9 Å². The van der Waals surface area contributed by atoms with Crippen molar-refractivity contribution in [1.82, 2.24) is 5.32 Å². The fraction of sp³-hybridized carbons (Fsp3) is 0.294. The maximum Gasteiger partial charge on any atom is 0.0211 e. The van der Waals surface area contributed by atoms with E-state index in [1.54, 1.807) is 0 Å². The summed E-state index contributed by atoms with van der Waals surface area (Å²) in [5.74, 6) is 0.596. The molecule has 2 unspecified atom stereocenters. The summed E-state index contributed by atoms with van der Waals surface area (Å²) < 4.78 is 0. The molecule has 2 aromatic carbocycles. The minimum absolute atomic E-state index is 0.570. The summed E-state index contributed by atoms with van der Waals surface area (Å²) >= 11 is 0. The lowest BCUT2D eigenvalue weighted by Gasteiger charge is -2.30. The van der Waals surface area contributed by atoms with Gasteiger partial charge in [0.25, 0.3) is 0 Å². The largest absolute Gasteiger partial charge is 0.310 e. The molecule has 1 aliphatic rings. The summed E-state index contributed by atoms with van der Waals surface area (Å²) in [5.41, 5.74) is 5.56. The summed E-state index contributed by atoms with van der Waals surface area (Å²) in [7, 11) is 0. The minimum Gasteiger partial charge on any atom is -0.310 e. The van der Waals surface area contributed by atoms with E-state index < -0.39 is 0 Å². The first-order valence-electron chi connectivity index (χ1n) is 6.67. The van der Waals surface area contributed by atoms with Gasteiger partial charge in [0.05, 0.1) is 0 Å². The number of benzene rings is 2. The molecule has 92 valence electrons. The SMILES string of the molecule is CC1NCc2cc(-c3ccccc3)ccc2C1C. The summed E-state index contributed by atoms with van der Waals surface area (Å²) in [5, 5.41) is 3.57. The molecular formula is C17H19N. The standard InChI is InChI=1S/C17H19N/c1-12-13(2)18-11-16-10-15(8-9-17(12)16)14-6-4-3-5-7-14/h3-10,12-13,18H,11H2,1-2H3. The van der Waals surface area contributed by atoms with Crippen molar-refractivity contribution in [3.8, 4) is 11.1 Å². The van der Waals surface area contributed by atoms with Crippen LogP contribution in [-0.4, -0.2) is 6.04 Å². The molecule has 0 saturated heterocycles. The number of rotatable bonds is 1. The van der Waals surface area contributed by atoms with Gasteiger partial charge in [0, 0.05) is 12.6 Å². The van der Waals surface area contributed by atoms with Gasteiger partial charge in [0.15, 0.2) is 0 Å². The van der Waals surface area contributed by atoms with Crippen LogP contribution in [0.3, 0.4) is 0 Å². The van der Waals surface area contributed by atoms with Crippen LogP contribution in [0.4, 0.5) is 0 Å². The van der Waals surface area contributed by atoms with Gasteiger partial charge in [-0.1, -0.05) is 49.4 Å². The van der Waals surface area contributed by atoms with Crippen LogP contribution in [0.2, 0.25) is 0 Å². The summed E-state index contributed by atoms with van der Waals surface area (Å²) in [4.78, 5) is 0. The molecule has 0 radical (unpaired) electrons. The smallest absolute Gasteiger partial charge is 0.0211 e. The van der Waals surface area contributed by atoms with Crippen LogP contribution in [-0.2, 0) is 6.54 Å². The second-order valence-corrected chi connectivity index (χ2v) is 5.24. The Morgan fingerprint density at radius 3 is 2.50 bits per heavy atom. The van der Waals surface area contributed by atoms with E-state index in [0.717, 1.165) is 6.54 Å². The van der Waals surface area contributed by atoms with Gasteiger partial charge in [-0.15, -0.1) is 0 Å². The Morgan fingerprint density at radius 1 is 0.944 bits per heavy atom. The molecule has 2 atom stereocenters. The molecular weight excluding hydrogens is 218 g/mol. The second-order valence-electron chi connectivity index (χ2n) is 5.24. The van der Waals surface area contributed by atoms with Crippen molar-refractivity contribution < 1.29 is 0 Å². The molecule has 2 aromatic rings. The Balaban J connectivity index is 2.02. The Kier molecular flexibility index (Phi) is 2.92. The number of hydrogen-bond acceptors (Lipinski definition) is 1. The first kappa shape index (κ1) is 11.5. The molecule has 0 bridgehead atoms. The fourth-order valence-corrected chi connectivity index (χ4v) is 2.73. The van der Waals surface area contributed by atoms with E-state index in [1.165, 1.54) is 22.3 Å². The van der Waals surface area contributed by atoms with Crippen LogP contribution >= 0.6 is 0 Å². The third-order valence-electron chi connectivity index (χ3n) is 4.11. The van der Waals surface area contributed by atoms with E-state index in [2.05, 4.69) is 67.7 Å². The highest BCUT2D eigenvalue weighted by Gasteiger charge is 2.22. The molecule has 1 heterocycles. The average Bonchev–Trinajstić information content (AvgIpc) is 2.44. The van der Waals surface area contributed by atoms with Gasteiger partial charge in [0.2, 0.25) is 0 Å². The molecule has 1 aliphatic heterocycles. The zero-order chi connectivity index (χ0) is 12.5. The predicted molar refractivity (Wildman–Crippen MR) is 76.6 cm³/mol. The van der Waals surface area contributed by atoms with E-state index in [4.69, 9.17) is 0 Å². The second kappa shape index (κ2) is 4.58. The van der Waals surface area contributed by atoms with Crippen molar-refractivity contribution in [2.45, 2.75) is 32.4 Å². The van der Waals surface area contributed by atoms with Gasteiger partial charge in [-0.2, -0.15) is 0 Å². The number of nitrogens with one attached hydrogen (secondary N) is 1. The minimum atomic E-state index is 0.570. The Hall–Kier alpha value is -1.60. The van der Waals surface area contributed by atoms with E-state index in [1.807, 2.05) is 0 Å². The zero-order valence-electron chi connectivity index (χ0n) is 11.0. The van der Waals surface area contributed by atoms with Crippen molar-refractivity contribution in [2.24, 2.45) is 0 Å². The molecule has 3 rings (SSSR count). The van der Waals surface area contributed by atoms with Crippen molar-refractivity contribution in [3.05, 3.63) is 59.7 Å². The molecule has 18 heavy (non-hydrogen) atoms. The predicted octanol–water partition coefficient (Wildman–Crippen LogP) is 3.95. The highest BCUT2D eigenvalue weighted by atomic mass is 14.9. The third-order valence-corrected chi connectivity index (χ3v) is 4.11. The normalized spacial score (nSPS) is 22.6. The van der Waals surface area contributed by atoms with Crippen molar-refractivity contribution in [1.29, 1.82) is 0 Å².